The minimum atomic E-state index is -1.53. The summed E-state index contributed by atoms with van der Waals surface area (Å²) in [5.74, 6) is -5.18. The standard InChI is InChI=1S/C32H44N4O11/c1-18(2)28(35-32(44)46-16-20-9-6-5-7-10-20)31(43)33-19(3)30(42)34-23(15-26(39)40)24(37)17-47-36-25(38)13-21-11-8-12-22(29(21)36)14-27(41)45-4/h5-7,9-10,18-19,21-23,28-29H,8,11-17H2,1-4H3,(H,33,43)(H,34,42)(H,35,44)(H,39,40)/t19-,21-,22+,23-,28-,29+/m0/s1. The van der Waals surface area contributed by atoms with Crippen LogP contribution in [0.2, 0.25) is 0 Å². The summed E-state index contributed by atoms with van der Waals surface area (Å²) in [4.78, 5) is 93.4. The SMILES string of the molecule is COC(=O)C[C@H]1CCC[C@H]2CC(=O)N(OCC(=O)[C@H](CC(=O)O)NC(=O)[C@H](C)NC(=O)[C@@H](NC(=O)OCc3ccccc3)C(C)C)[C@@H]12. The molecule has 1 aliphatic carbocycles. The van der Waals surface area contributed by atoms with E-state index < -0.39 is 78.7 Å². The van der Waals surface area contributed by atoms with E-state index in [4.69, 9.17) is 14.3 Å². The molecule has 2 fully saturated rings. The van der Waals surface area contributed by atoms with Crippen molar-refractivity contribution in [2.45, 2.75) is 90.1 Å². The van der Waals surface area contributed by atoms with Gasteiger partial charge in [0.05, 0.1) is 26.0 Å². The number of hydrogen-bond donors (Lipinski definition) is 4. The number of ketones is 1. The number of esters is 1. The van der Waals surface area contributed by atoms with Gasteiger partial charge in [-0.2, -0.15) is 0 Å². The normalized spacial score (nSPS) is 20.7. The molecule has 0 spiro atoms. The second kappa shape index (κ2) is 17.4. The van der Waals surface area contributed by atoms with Crippen LogP contribution in [0.15, 0.2) is 30.3 Å². The van der Waals surface area contributed by atoms with E-state index in [0.29, 0.717) is 6.42 Å². The maximum absolute atomic E-state index is 13.1. The van der Waals surface area contributed by atoms with E-state index in [0.717, 1.165) is 23.5 Å². The molecule has 0 unspecified atom stereocenters. The Labute approximate surface area is 273 Å². The number of ether oxygens (including phenoxy) is 2. The van der Waals surface area contributed by atoms with Gasteiger partial charge in [0.1, 0.15) is 31.3 Å². The number of aliphatic carboxylic acids is 1. The molecule has 1 aromatic rings. The topological polar surface area (TPSA) is 207 Å². The molecule has 1 heterocycles. The van der Waals surface area contributed by atoms with Gasteiger partial charge < -0.3 is 30.5 Å². The van der Waals surface area contributed by atoms with Gasteiger partial charge in [-0.05, 0) is 43.1 Å². The molecule has 2 aliphatic rings. The minimum absolute atomic E-state index is 0.0120. The van der Waals surface area contributed by atoms with Crippen molar-refractivity contribution in [3.63, 3.8) is 0 Å². The van der Waals surface area contributed by atoms with Crippen molar-refractivity contribution >= 4 is 41.5 Å². The zero-order valence-corrected chi connectivity index (χ0v) is 27.1. The molecule has 1 aromatic carbocycles. The Morgan fingerprint density at radius 2 is 1.68 bits per heavy atom. The van der Waals surface area contributed by atoms with Gasteiger partial charge in [-0.3, -0.25) is 33.6 Å². The molecule has 4 amide bonds. The Hall–Kier alpha value is -4.53. The second-order valence-corrected chi connectivity index (χ2v) is 12.2. The number of fused-ring (bicyclic) bond motifs is 1. The molecule has 15 heteroatoms. The Morgan fingerprint density at radius 3 is 2.32 bits per heavy atom. The number of carboxylic acid groups (broad SMARTS) is 1. The van der Waals surface area contributed by atoms with Gasteiger partial charge in [0.15, 0.2) is 5.78 Å². The van der Waals surface area contributed by atoms with Crippen molar-refractivity contribution in [2.24, 2.45) is 17.8 Å². The smallest absolute Gasteiger partial charge is 0.408 e. The summed E-state index contributed by atoms with van der Waals surface area (Å²) in [5, 5.41) is 17.8. The van der Waals surface area contributed by atoms with Crippen molar-refractivity contribution in [3.05, 3.63) is 35.9 Å². The average molecular weight is 661 g/mol. The number of carbonyl (C=O) groups excluding carboxylic acids is 6. The van der Waals surface area contributed by atoms with Gasteiger partial charge >= 0.3 is 18.0 Å². The minimum Gasteiger partial charge on any atom is -0.481 e. The molecular formula is C32H44N4O11. The Morgan fingerprint density at radius 1 is 0.979 bits per heavy atom. The lowest BCUT2D eigenvalue weighted by Gasteiger charge is -2.37. The Kier molecular flexibility index (Phi) is 13.7. The maximum Gasteiger partial charge on any atom is 0.408 e. The van der Waals surface area contributed by atoms with E-state index in [1.165, 1.54) is 14.0 Å². The van der Waals surface area contributed by atoms with E-state index in [9.17, 15) is 38.7 Å². The molecule has 6 atom stereocenters. The molecule has 0 radical (unpaired) electrons. The van der Waals surface area contributed by atoms with Crippen molar-refractivity contribution in [1.82, 2.24) is 21.0 Å². The van der Waals surface area contributed by atoms with Crippen molar-refractivity contribution in [2.75, 3.05) is 13.7 Å². The van der Waals surface area contributed by atoms with Crippen LogP contribution in [0.3, 0.4) is 0 Å². The third-order valence-electron chi connectivity index (χ3n) is 8.34. The number of amides is 4. The quantitative estimate of drug-likeness (QED) is 0.187. The number of nitrogens with one attached hydrogen (secondary N) is 3. The zero-order valence-electron chi connectivity index (χ0n) is 27.1. The number of carboxylic acids is 1. The fourth-order valence-electron chi connectivity index (χ4n) is 5.88. The summed E-state index contributed by atoms with van der Waals surface area (Å²) in [7, 11) is 1.28. The molecule has 47 heavy (non-hydrogen) atoms. The third kappa shape index (κ3) is 10.8. The molecule has 0 bridgehead atoms. The predicted molar refractivity (Wildman–Crippen MR) is 164 cm³/mol. The molecule has 1 aliphatic heterocycles. The largest absolute Gasteiger partial charge is 0.481 e. The van der Waals surface area contributed by atoms with Crippen LogP contribution in [-0.2, 0) is 49.7 Å². The summed E-state index contributed by atoms with van der Waals surface area (Å²) in [6, 6.07) is 4.69. The van der Waals surface area contributed by atoms with Gasteiger partial charge in [0, 0.05) is 6.42 Å². The molecule has 4 N–H and O–H groups in total. The first-order chi connectivity index (χ1) is 22.3. The first kappa shape index (κ1) is 36.9. The van der Waals surface area contributed by atoms with Crippen LogP contribution >= 0.6 is 0 Å². The number of hydrogen-bond acceptors (Lipinski definition) is 10. The number of Topliss-reactive ketones (excluding diaryl/α,β-unsaturated/α-hetero) is 1. The molecule has 15 nitrogen and oxygen atoms in total. The van der Waals surface area contributed by atoms with Crippen molar-refractivity contribution in [3.8, 4) is 0 Å². The third-order valence-corrected chi connectivity index (χ3v) is 8.34. The average Bonchev–Trinajstić information content (AvgIpc) is 3.36. The zero-order chi connectivity index (χ0) is 34.7. The lowest BCUT2D eigenvalue weighted by Crippen LogP contribution is -2.56. The maximum atomic E-state index is 13.1. The van der Waals surface area contributed by atoms with E-state index in [1.807, 2.05) is 6.07 Å². The molecule has 0 aromatic heterocycles. The Balaban J connectivity index is 1.57. The fourth-order valence-corrected chi connectivity index (χ4v) is 5.88. The number of methoxy groups -OCH3 is 1. The number of alkyl carbamates (subject to hydrolysis) is 1. The highest BCUT2D eigenvalue weighted by atomic mass is 16.7. The highest BCUT2D eigenvalue weighted by Gasteiger charge is 2.48. The summed E-state index contributed by atoms with van der Waals surface area (Å²) < 4.78 is 9.98. The summed E-state index contributed by atoms with van der Waals surface area (Å²) in [5.41, 5.74) is 0.752. The van der Waals surface area contributed by atoms with Gasteiger partial charge in [0.25, 0.3) is 0 Å². The van der Waals surface area contributed by atoms with Crippen LogP contribution in [-0.4, -0.2) is 89.6 Å². The number of benzene rings is 1. The van der Waals surface area contributed by atoms with Crippen LogP contribution in [0.4, 0.5) is 4.79 Å². The van der Waals surface area contributed by atoms with Gasteiger partial charge in [-0.1, -0.05) is 50.6 Å². The summed E-state index contributed by atoms with van der Waals surface area (Å²) in [6.45, 7) is 3.99. The predicted octanol–water partition coefficient (Wildman–Crippen LogP) is 1.48. The van der Waals surface area contributed by atoms with Crippen LogP contribution in [0.5, 0.6) is 0 Å². The number of nitrogens with zero attached hydrogens (tertiary/aromatic N) is 1. The molecule has 1 saturated heterocycles. The molecule has 1 saturated carbocycles. The van der Waals surface area contributed by atoms with Crippen LogP contribution in [0, 0.1) is 17.8 Å². The van der Waals surface area contributed by atoms with Gasteiger partial charge in [-0.25, -0.2) is 9.86 Å². The summed E-state index contributed by atoms with van der Waals surface area (Å²) in [6.07, 6.45) is 0.924. The van der Waals surface area contributed by atoms with E-state index in [-0.39, 0.29) is 37.2 Å². The molecule has 258 valence electrons. The molecular weight excluding hydrogens is 616 g/mol. The van der Waals surface area contributed by atoms with E-state index >= 15 is 0 Å². The fraction of sp³-hybridized carbons (Fsp3) is 0.594. The van der Waals surface area contributed by atoms with E-state index in [1.54, 1.807) is 38.1 Å². The van der Waals surface area contributed by atoms with Crippen LogP contribution in [0.25, 0.3) is 0 Å². The number of carbonyl (C=O) groups is 7. The monoisotopic (exact) mass is 660 g/mol. The first-order valence-electron chi connectivity index (χ1n) is 15.6. The number of rotatable bonds is 16. The van der Waals surface area contributed by atoms with Crippen LogP contribution < -0.4 is 16.0 Å². The van der Waals surface area contributed by atoms with Gasteiger partial charge in [-0.15, -0.1) is 0 Å². The highest BCUT2D eigenvalue weighted by Crippen LogP contribution is 2.42. The van der Waals surface area contributed by atoms with Crippen LogP contribution in [0.1, 0.15) is 64.9 Å². The number of hydroxylamine groups is 2. The van der Waals surface area contributed by atoms with Gasteiger partial charge in [0.2, 0.25) is 17.7 Å². The lowest BCUT2D eigenvalue weighted by molar-refractivity contribution is -0.201. The van der Waals surface area contributed by atoms with Crippen molar-refractivity contribution < 1.29 is 53.0 Å². The lowest BCUT2D eigenvalue weighted by atomic mass is 9.76. The molecule has 3 rings (SSSR count). The van der Waals surface area contributed by atoms with Crippen molar-refractivity contribution in [1.29, 1.82) is 0 Å². The first-order valence-corrected chi connectivity index (χ1v) is 15.6. The van der Waals surface area contributed by atoms with E-state index in [2.05, 4.69) is 16.0 Å². The second-order valence-electron chi connectivity index (χ2n) is 12.2. The summed E-state index contributed by atoms with van der Waals surface area (Å²) >= 11 is 0. The Bertz CT molecular complexity index is 1300. The highest BCUT2D eigenvalue weighted by molar-refractivity contribution is 5.96.